The van der Waals surface area contributed by atoms with Gasteiger partial charge in [-0.1, -0.05) is 51.1 Å². The van der Waals surface area contributed by atoms with E-state index in [4.69, 9.17) is 0 Å². The van der Waals surface area contributed by atoms with Crippen molar-refractivity contribution in [2.45, 2.75) is 26.2 Å². The molecule has 0 aliphatic carbocycles. The first-order chi connectivity index (χ1) is 7.52. The zero-order valence-corrected chi connectivity index (χ0v) is 9.91. The third-order valence-corrected chi connectivity index (χ3v) is 2.85. The van der Waals surface area contributed by atoms with Crippen LogP contribution in [0.2, 0.25) is 0 Å². The first-order valence-corrected chi connectivity index (χ1v) is 5.46. The van der Waals surface area contributed by atoms with Crippen LogP contribution in [0.25, 0.3) is 10.8 Å². The second-order valence-electron chi connectivity index (χ2n) is 5.11. The Kier molecular flexibility index (Phi) is 2.44. The molecule has 16 heavy (non-hydrogen) atoms. The summed E-state index contributed by atoms with van der Waals surface area (Å²) in [6.45, 7) is 6.49. The number of nitrogens with zero attached hydrogens (tertiary/aromatic N) is 1. The predicted octanol–water partition coefficient (Wildman–Crippen LogP) is 4.01. The molecule has 0 heterocycles. The third kappa shape index (κ3) is 1.79. The van der Waals surface area contributed by atoms with E-state index in [1.165, 1.54) is 5.56 Å². The molecule has 0 aliphatic heterocycles. The molecule has 1 heteroatoms. The average molecular weight is 209 g/mol. The van der Waals surface area contributed by atoms with Crippen molar-refractivity contribution in [1.82, 2.24) is 0 Å². The summed E-state index contributed by atoms with van der Waals surface area (Å²) in [7, 11) is 0. The summed E-state index contributed by atoms with van der Waals surface area (Å²) in [6, 6.07) is 14.5. The molecule has 2 aromatic carbocycles. The molecule has 0 bridgehead atoms. The maximum absolute atomic E-state index is 9.18. The Bertz CT molecular complexity index is 568. The molecule has 80 valence electrons. The van der Waals surface area contributed by atoms with Gasteiger partial charge in [0, 0.05) is 0 Å². The number of hydrogen-bond donors (Lipinski definition) is 0. The molecular formula is C15H15N. The van der Waals surface area contributed by atoms with E-state index in [9.17, 15) is 5.26 Å². The van der Waals surface area contributed by atoms with E-state index in [-0.39, 0.29) is 5.41 Å². The van der Waals surface area contributed by atoms with E-state index in [0.29, 0.717) is 0 Å². The molecule has 0 saturated heterocycles. The maximum Gasteiger partial charge on any atom is 0.0998 e. The van der Waals surface area contributed by atoms with E-state index >= 15 is 0 Å². The highest BCUT2D eigenvalue weighted by atomic mass is 14.3. The lowest BCUT2D eigenvalue weighted by atomic mass is 9.84. The van der Waals surface area contributed by atoms with Crippen LogP contribution in [-0.2, 0) is 5.41 Å². The second-order valence-corrected chi connectivity index (χ2v) is 5.11. The van der Waals surface area contributed by atoms with Gasteiger partial charge in [-0.2, -0.15) is 5.26 Å². The molecule has 0 aromatic heterocycles. The normalized spacial score (nSPS) is 11.4. The van der Waals surface area contributed by atoms with Crippen molar-refractivity contribution in [3.05, 3.63) is 47.5 Å². The van der Waals surface area contributed by atoms with Gasteiger partial charge in [0.25, 0.3) is 0 Å². The van der Waals surface area contributed by atoms with Gasteiger partial charge < -0.3 is 0 Å². The van der Waals surface area contributed by atoms with E-state index in [0.717, 1.165) is 16.3 Å². The van der Waals surface area contributed by atoms with Gasteiger partial charge >= 0.3 is 0 Å². The fourth-order valence-electron chi connectivity index (χ4n) is 1.84. The molecule has 0 spiro atoms. The minimum atomic E-state index is 0.0790. The molecule has 0 saturated carbocycles. The number of benzene rings is 2. The van der Waals surface area contributed by atoms with Crippen molar-refractivity contribution in [2.75, 3.05) is 0 Å². The summed E-state index contributed by atoms with van der Waals surface area (Å²) < 4.78 is 0. The van der Waals surface area contributed by atoms with Crippen LogP contribution in [-0.4, -0.2) is 0 Å². The summed E-state index contributed by atoms with van der Waals surface area (Å²) in [5, 5.41) is 11.4. The van der Waals surface area contributed by atoms with Crippen molar-refractivity contribution in [3.8, 4) is 6.07 Å². The Hall–Kier alpha value is -1.81. The minimum absolute atomic E-state index is 0.0790. The summed E-state index contributed by atoms with van der Waals surface area (Å²) in [4.78, 5) is 0. The predicted molar refractivity (Wildman–Crippen MR) is 67.4 cm³/mol. The molecule has 0 unspecified atom stereocenters. The fourth-order valence-corrected chi connectivity index (χ4v) is 1.84. The van der Waals surface area contributed by atoms with Crippen LogP contribution in [0, 0.1) is 11.3 Å². The van der Waals surface area contributed by atoms with Crippen LogP contribution in [0.4, 0.5) is 0 Å². The van der Waals surface area contributed by atoms with Gasteiger partial charge in [-0.15, -0.1) is 0 Å². The Balaban J connectivity index is 2.80. The molecule has 2 rings (SSSR count). The smallest absolute Gasteiger partial charge is 0.0998 e. The lowest BCUT2D eigenvalue weighted by Crippen LogP contribution is -2.11. The van der Waals surface area contributed by atoms with Crippen molar-refractivity contribution < 1.29 is 0 Å². The van der Waals surface area contributed by atoms with Crippen molar-refractivity contribution in [2.24, 2.45) is 0 Å². The first kappa shape index (κ1) is 10.7. The molecule has 0 atom stereocenters. The van der Waals surface area contributed by atoms with E-state index in [1.54, 1.807) is 0 Å². The van der Waals surface area contributed by atoms with Crippen molar-refractivity contribution >= 4 is 10.8 Å². The molecule has 1 nitrogen and oxygen atoms in total. The number of nitriles is 1. The lowest BCUT2D eigenvalue weighted by molar-refractivity contribution is 0.591. The Morgan fingerprint density at radius 1 is 1.06 bits per heavy atom. The van der Waals surface area contributed by atoms with Crippen molar-refractivity contribution in [3.63, 3.8) is 0 Å². The first-order valence-electron chi connectivity index (χ1n) is 5.46. The number of hydrogen-bond acceptors (Lipinski definition) is 1. The van der Waals surface area contributed by atoms with Gasteiger partial charge in [0.05, 0.1) is 11.6 Å². The number of rotatable bonds is 0. The van der Waals surface area contributed by atoms with E-state index in [2.05, 4.69) is 39.0 Å². The zero-order valence-electron chi connectivity index (χ0n) is 9.91. The quantitative estimate of drug-likeness (QED) is 0.643. The molecule has 0 aliphatic rings. The lowest BCUT2D eigenvalue weighted by Gasteiger charge is -2.20. The van der Waals surface area contributed by atoms with Crippen molar-refractivity contribution in [1.29, 1.82) is 5.26 Å². The molecule has 0 radical (unpaired) electrons. The highest BCUT2D eigenvalue weighted by molar-refractivity contribution is 5.88. The van der Waals surface area contributed by atoms with Crippen LogP contribution in [0.1, 0.15) is 31.9 Å². The summed E-state index contributed by atoms with van der Waals surface area (Å²) in [5.74, 6) is 0. The highest BCUT2D eigenvalue weighted by Gasteiger charge is 2.15. The highest BCUT2D eigenvalue weighted by Crippen LogP contribution is 2.28. The standard InChI is InChI=1S/C15H15N/c1-15(2,3)13-8-11-6-4-5-7-14(11)12(9-13)10-16/h4-9H,1-3H3. The fraction of sp³-hybridized carbons (Fsp3) is 0.267. The summed E-state index contributed by atoms with van der Waals surface area (Å²) in [5.41, 5.74) is 2.06. The Morgan fingerprint density at radius 3 is 2.38 bits per heavy atom. The van der Waals surface area contributed by atoms with Crippen LogP contribution in [0.15, 0.2) is 36.4 Å². The second kappa shape index (κ2) is 3.64. The topological polar surface area (TPSA) is 23.8 Å². The maximum atomic E-state index is 9.18. The van der Waals surface area contributed by atoms with Crippen LogP contribution in [0.3, 0.4) is 0 Å². The zero-order chi connectivity index (χ0) is 11.8. The monoisotopic (exact) mass is 209 g/mol. The Morgan fingerprint density at radius 2 is 1.75 bits per heavy atom. The summed E-state index contributed by atoms with van der Waals surface area (Å²) >= 11 is 0. The number of fused-ring (bicyclic) bond motifs is 1. The van der Waals surface area contributed by atoms with Gasteiger partial charge in [-0.05, 0) is 27.8 Å². The molecule has 0 N–H and O–H groups in total. The largest absolute Gasteiger partial charge is 0.192 e. The molecular weight excluding hydrogens is 194 g/mol. The third-order valence-electron chi connectivity index (χ3n) is 2.85. The van der Waals surface area contributed by atoms with E-state index in [1.807, 2.05) is 24.3 Å². The van der Waals surface area contributed by atoms with Gasteiger partial charge in [-0.3, -0.25) is 0 Å². The van der Waals surface area contributed by atoms with Gasteiger partial charge in [0.1, 0.15) is 0 Å². The minimum Gasteiger partial charge on any atom is -0.192 e. The van der Waals surface area contributed by atoms with Gasteiger partial charge in [0.15, 0.2) is 0 Å². The molecule has 0 fully saturated rings. The van der Waals surface area contributed by atoms with Crippen LogP contribution >= 0.6 is 0 Å². The van der Waals surface area contributed by atoms with E-state index < -0.39 is 0 Å². The van der Waals surface area contributed by atoms with Gasteiger partial charge in [0.2, 0.25) is 0 Å². The molecule has 2 aromatic rings. The SMILES string of the molecule is CC(C)(C)c1cc(C#N)c2ccccc2c1. The average Bonchev–Trinajstić information content (AvgIpc) is 2.26. The summed E-state index contributed by atoms with van der Waals surface area (Å²) in [6.07, 6.45) is 0. The molecule has 0 amide bonds. The van der Waals surface area contributed by atoms with Gasteiger partial charge in [-0.25, -0.2) is 0 Å². The Labute approximate surface area is 96.3 Å². The van der Waals surface area contributed by atoms with Crippen LogP contribution in [0.5, 0.6) is 0 Å². The van der Waals surface area contributed by atoms with Crippen LogP contribution < -0.4 is 0 Å².